The van der Waals surface area contributed by atoms with Crippen molar-refractivity contribution in [1.29, 1.82) is 0 Å². The number of carboxylic acid groups (broad SMARTS) is 1. The molecule has 0 bridgehead atoms. The fourth-order valence-corrected chi connectivity index (χ4v) is 5.73. The van der Waals surface area contributed by atoms with E-state index in [-0.39, 0.29) is 57.8 Å². The zero-order valence-electron chi connectivity index (χ0n) is 26.9. The number of carbonyl (C=O) groups is 6. The first-order valence-corrected chi connectivity index (χ1v) is 16.1. The Kier molecular flexibility index (Phi) is 14.7. The minimum atomic E-state index is -1.28. The SMILES string of the molecule is NCC[C@H](NC(=O)[C@H](CCN)NC(=O)[C@H](Cc1c[nH]c2ccccc12)NC(=O)[C@H](CCN)NC(=O)[C@@H]1CCCCN1C(=O)CN)C(=O)O. The molecule has 1 fully saturated rings. The summed E-state index contributed by atoms with van der Waals surface area (Å²) in [4.78, 5) is 82.5. The number of hydrogen-bond donors (Lipinski definition) is 10. The molecule has 1 aromatic carbocycles. The molecule has 1 aliphatic heterocycles. The molecule has 1 aromatic heterocycles. The highest BCUT2D eigenvalue weighted by Crippen LogP contribution is 2.20. The Balaban J connectivity index is 1.85. The second-order valence-electron chi connectivity index (χ2n) is 11.7. The number of fused-ring (bicyclic) bond motifs is 1. The second-order valence-corrected chi connectivity index (χ2v) is 11.7. The van der Waals surface area contributed by atoms with Gasteiger partial charge in [-0.15, -0.1) is 0 Å². The highest BCUT2D eigenvalue weighted by atomic mass is 16.4. The number of aliphatic carboxylic acids is 1. The van der Waals surface area contributed by atoms with E-state index in [0.717, 1.165) is 17.3 Å². The number of aromatic amines is 1. The van der Waals surface area contributed by atoms with Crippen molar-refractivity contribution in [1.82, 2.24) is 31.2 Å². The van der Waals surface area contributed by atoms with Crippen molar-refractivity contribution in [2.45, 2.75) is 75.2 Å². The Bertz CT molecular complexity index is 1430. The highest BCUT2D eigenvalue weighted by Gasteiger charge is 2.35. The van der Waals surface area contributed by atoms with E-state index >= 15 is 0 Å². The minimum Gasteiger partial charge on any atom is -0.480 e. The van der Waals surface area contributed by atoms with E-state index in [4.69, 9.17) is 22.9 Å². The van der Waals surface area contributed by atoms with E-state index in [2.05, 4.69) is 26.3 Å². The lowest BCUT2D eigenvalue weighted by molar-refractivity contribution is -0.143. The van der Waals surface area contributed by atoms with Crippen molar-refractivity contribution in [2.75, 3.05) is 32.7 Å². The molecule has 264 valence electrons. The fraction of sp³-hybridized carbons (Fsp3) is 0.548. The van der Waals surface area contributed by atoms with Crippen LogP contribution >= 0.6 is 0 Å². The molecular weight excluding hydrogens is 624 g/mol. The first kappa shape index (κ1) is 37.9. The number of amides is 5. The van der Waals surface area contributed by atoms with Gasteiger partial charge in [0.1, 0.15) is 30.2 Å². The molecule has 0 aliphatic carbocycles. The monoisotopic (exact) mass is 672 g/mol. The third-order valence-corrected chi connectivity index (χ3v) is 8.28. The van der Waals surface area contributed by atoms with Gasteiger partial charge in [-0.1, -0.05) is 18.2 Å². The van der Waals surface area contributed by atoms with Crippen LogP contribution in [0.3, 0.4) is 0 Å². The maximum Gasteiger partial charge on any atom is 0.326 e. The molecule has 17 nitrogen and oxygen atoms in total. The summed E-state index contributed by atoms with van der Waals surface area (Å²) < 4.78 is 0. The lowest BCUT2D eigenvalue weighted by Gasteiger charge is -2.35. The van der Waals surface area contributed by atoms with Crippen LogP contribution in [0.25, 0.3) is 10.9 Å². The lowest BCUT2D eigenvalue weighted by Crippen LogP contribution is -2.60. The predicted octanol–water partition coefficient (Wildman–Crippen LogP) is -2.88. The van der Waals surface area contributed by atoms with Crippen molar-refractivity contribution in [3.63, 3.8) is 0 Å². The third-order valence-electron chi connectivity index (χ3n) is 8.28. The summed E-state index contributed by atoms with van der Waals surface area (Å²) in [5, 5.41) is 20.7. The summed E-state index contributed by atoms with van der Waals surface area (Å²) in [5.41, 5.74) is 24.0. The van der Waals surface area contributed by atoms with Crippen molar-refractivity contribution < 1.29 is 33.9 Å². The molecule has 1 saturated heterocycles. The highest BCUT2D eigenvalue weighted by molar-refractivity contribution is 5.96. The standard InChI is InChI=1S/C31H48N10O7/c32-11-8-21(27(43)39-23(10-13-34)31(47)48)37-29(45)24(15-18-17-36-20-6-2-1-5-19(18)20)40-28(44)22(9-12-33)38-30(46)25-7-3-4-14-41(25)26(42)16-35/h1-2,5-6,17,21-25,36H,3-4,7-16,32-35H2,(H,37,45)(H,38,46)(H,39,43)(H,40,44)(H,47,48)/t21-,22-,23-,24-,25-/m0/s1. The number of aromatic nitrogens is 1. The van der Waals surface area contributed by atoms with E-state index in [1.807, 2.05) is 24.3 Å². The van der Waals surface area contributed by atoms with Gasteiger partial charge in [0, 0.05) is 30.1 Å². The van der Waals surface area contributed by atoms with Crippen molar-refractivity contribution in [3.05, 3.63) is 36.0 Å². The number of H-pyrrole nitrogens is 1. The number of hydrogen-bond acceptors (Lipinski definition) is 10. The van der Waals surface area contributed by atoms with Gasteiger partial charge in [-0.2, -0.15) is 0 Å². The van der Waals surface area contributed by atoms with Crippen LogP contribution in [0.15, 0.2) is 30.5 Å². The molecule has 5 amide bonds. The molecule has 0 radical (unpaired) electrons. The molecule has 0 unspecified atom stereocenters. The van der Waals surface area contributed by atoms with E-state index in [9.17, 15) is 33.9 Å². The molecule has 14 N–H and O–H groups in total. The smallest absolute Gasteiger partial charge is 0.326 e. The van der Waals surface area contributed by atoms with Crippen LogP contribution in [0.5, 0.6) is 0 Å². The Morgan fingerprint density at radius 1 is 0.792 bits per heavy atom. The predicted molar refractivity (Wildman–Crippen MR) is 177 cm³/mol. The summed E-state index contributed by atoms with van der Waals surface area (Å²) in [7, 11) is 0. The van der Waals surface area contributed by atoms with Crippen LogP contribution in [0.2, 0.25) is 0 Å². The summed E-state index contributed by atoms with van der Waals surface area (Å²) in [6.07, 6.45) is 3.52. The van der Waals surface area contributed by atoms with Crippen LogP contribution < -0.4 is 44.2 Å². The number of benzene rings is 1. The van der Waals surface area contributed by atoms with Gasteiger partial charge in [-0.05, 0) is 69.8 Å². The number of piperidine rings is 1. The normalized spacial score (nSPS) is 17.1. The summed E-state index contributed by atoms with van der Waals surface area (Å²) >= 11 is 0. The first-order chi connectivity index (χ1) is 23.0. The van der Waals surface area contributed by atoms with Gasteiger partial charge in [0.05, 0.1) is 6.54 Å². The average molecular weight is 673 g/mol. The fourth-order valence-electron chi connectivity index (χ4n) is 5.73. The van der Waals surface area contributed by atoms with E-state index in [1.54, 1.807) is 6.20 Å². The first-order valence-electron chi connectivity index (χ1n) is 16.1. The van der Waals surface area contributed by atoms with Crippen LogP contribution in [-0.2, 0) is 35.2 Å². The number of carbonyl (C=O) groups excluding carboxylic acids is 5. The van der Waals surface area contributed by atoms with Gasteiger partial charge in [0.2, 0.25) is 29.5 Å². The molecule has 17 heteroatoms. The molecule has 0 spiro atoms. The Labute approximate surface area is 278 Å². The molecule has 1 aliphatic rings. The second kappa shape index (κ2) is 18.7. The summed E-state index contributed by atoms with van der Waals surface area (Å²) in [6.45, 7) is 0.133. The van der Waals surface area contributed by atoms with Crippen LogP contribution in [0, 0.1) is 0 Å². The van der Waals surface area contributed by atoms with E-state index in [0.29, 0.717) is 24.9 Å². The third kappa shape index (κ3) is 10.2. The van der Waals surface area contributed by atoms with Gasteiger partial charge in [0.15, 0.2) is 0 Å². The molecule has 48 heavy (non-hydrogen) atoms. The van der Waals surface area contributed by atoms with Crippen molar-refractivity contribution in [3.8, 4) is 0 Å². The number of carboxylic acids is 1. The Hall–Kier alpha value is -4.58. The Morgan fingerprint density at radius 2 is 1.35 bits per heavy atom. The van der Waals surface area contributed by atoms with Crippen LogP contribution in [0.4, 0.5) is 0 Å². The number of rotatable bonds is 18. The average Bonchev–Trinajstić information content (AvgIpc) is 3.49. The van der Waals surface area contributed by atoms with E-state index < -0.39 is 59.8 Å². The molecule has 2 heterocycles. The summed E-state index contributed by atoms with van der Waals surface area (Å²) in [6, 6.07) is 1.67. The van der Waals surface area contributed by atoms with Gasteiger partial charge < -0.3 is 59.2 Å². The maximum absolute atomic E-state index is 13.8. The van der Waals surface area contributed by atoms with Crippen molar-refractivity contribution >= 4 is 46.4 Å². The van der Waals surface area contributed by atoms with Gasteiger partial charge in [0.25, 0.3) is 0 Å². The Morgan fingerprint density at radius 3 is 1.98 bits per heavy atom. The number of nitrogens with two attached hydrogens (primary N) is 4. The van der Waals surface area contributed by atoms with E-state index in [1.165, 1.54) is 4.90 Å². The van der Waals surface area contributed by atoms with Gasteiger partial charge >= 0.3 is 5.97 Å². The van der Waals surface area contributed by atoms with Crippen molar-refractivity contribution in [2.24, 2.45) is 22.9 Å². The molecule has 2 aromatic rings. The number of likely N-dealkylation sites (tertiary alicyclic amines) is 1. The maximum atomic E-state index is 13.8. The lowest BCUT2D eigenvalue weighted by atomic mass is 10.00. The number of para-hydroxylation sites is 1. The largest absolute Gasteiger partial charge is 0.480 e. The van der Waals surface area contributed by atoms with Gasteiger partial charge in [-0.25, -0.2) is 4.79 Å². The quantitative estimate of drug-likeness (QED) is 0.0767. The molecular formula is C31H48N10O7. The number of nitrogens with zero attached hydrogens (tertiary/aromatic N) is 1. The molecule has 3 rings (SSSR count). The molecule has 0 saturated carbocycles. The minimum absolute atomic E-state index is 0.00578. The zero-order chi connectivity index (χ0) is 35.2. The zero-order valence-corrected chi connectivity index (χ0v) is 26.9. The molecule has 5 atom stereocenters. The van der Waals surface area contributed by atoms with Crippen LogP contribution in [0.1, 0.15) is 44.1 Å². The van der Waals surface area contributed by atoms with Crippen LogP contribution in [-0.4, -0.2) is 113 Å². The summed E-state index contributed by atoms with van der Waals surface area (Å²) in [5.74, 6) is -4.41. The van der Waals surface area contributed by atoms with Gasteiger partial charge in [-0.3, -0.25) is 24.0 Å². The number of nitrogens with one attached hydrogen (secondary N) is 5. The topological polar surface area (TPSA) is 294 Å².